The molecule has 0 aromatic carbocycles. The third kappa shape index (κ3) is 7.71. The maximum Gasteiger partial charge on any atom is 0.407 e. The zero-order valence-corrected chi connectivity index (χ0v) is 15.6. The van der Waals surface area contributed by atoms with Crippen LogP contribution in [0.3, 0.4) is 0 Å². The number of likely N-dealkylation sites (tertiary alicyclic amines) is 1. The van der Waals surface area contributed by atoms with Crippen LogP contribution >= 0.6 is 0 Å². The SMILES string of the molecule is CCCC1CC(NC(=O)OC(C)(C)C)CN(C(=O)CC(C)C)C1. The Hall–Kier alpha value is -1.26. The Labute approximate surface area is 141 Å². The van der Waals surface area contributed by atoms with Crippen molar-refractivity contribution in [2.75, 3.05) is 13.1 Å². The van der Waals surface area contributed by atoms with E-state index in [-0.39, 0.29) is 11.9 Å². The molecule has 0 aliphatic carbocycles. The number of amides is 2. The molecule has 2 amide bonds. The van der Waals surface area contributed by atoms with Crippen LogP contribution < -0.4 is 5.32 Å². The fraction of sp³-hybridized carbons (Fsp3) is 0.889. The van der Waals surface area contributed by atoms with E-state index in [2.05, 4.69) is 26.1 Å². The van der Waals surface area contributed by atoms with Crippen molar-refractivity contribution in [2.24, 2.45) is 11.8 Å². The zero-order valence-electron chi connectivity index (χ0n) is 15.6. The highest BCUT2D eigenvalue weighted by atomic mass is 16.6. The van der Waals surface area contributed by atoms with Gasteiger partial charge >= 0.3 is 6.09 Å². The fourth-order valence-corrected chi connectivity index (χ4v) is 3.08. The number of alkyl carbamates (subject to hydrolysis) is 1. The van der Waals surface area contributed by atoms with Crippen LogP contribution in [0.5, 0.6) is 0 Å². The lowest BCUT2D eigenvalue weighted by molar-refractivity contribution is -0.134. The Morgan fingerprint density at radius 1 is 1.26 bits per heavy atom. The third-order valence-electron chi connectivity index (χ3n) is 3.89. The molecule has 0 saturated carbocycles. The molecule has 0 bridgehead atoms. The van der Waals surface area contributed by atoms with E-state index in [1.807, 2.05) is 25.7 Å². The summed E-state index contributed by atoms with van der Waals surface area (Å²) in [7, 11) is 0. The number of piperidine rings is 1. The van der Waals surface area contributed by atoms with Crippen LogP contribution in [0.15, 0.2) is 0 Å². The molecule has 1 aliphatic rings. The Morgan fingerprint density at radius 2 is 1.91 bits per heavy atom. The van der Waals surface area contributed by atoms with E-state index >= 15 is 0 Å². The summed E-state index contributed by atoms with van der Waals surface area (Å²) >= 11 is 0. The van der Waals surface area contributed by atoms with E-state index in [4.69, 9.17) is 4.74 Å². The van der Waals surface area contributed by atoms with Crippen molar-refractivity contribution in [3.63, 3.8) is 0 Å². The maximum atomic E-state index is 12.4. The van der Waals surface area contributed by atoms with Gasteiger partial charge in [0.25, 0.3) is 0 Å². The summed E-state index contributed by atoms with van der Waals surface area (Å²) in [4.78, 5) is 26.3. The minimum absolute atomic E-state index is 0.0220. The number of hydrogen-bond acceptors (Lipinski definition) is 3. The van der Waals surface area contributed by atoms with Crippen LogP contribution in [-0.4, -0.2) is 41.6 Å². The van der Waals surface area contributed by atoms with Crippen LogP contribution in [0, 0.1) is 11.8 Å². The molecule has 1 heterocycles. The van der Waals surface area contributed by atoms with Gasteiger partial charge in [-0.05, 0) is 45.4 Å². The summed E-state index contributed by atoms with van der Waals surface area (Å²) in [5.74, 6) is 0.993. The monoisotopic (exact) mass is 326 g/mol. The molecule has 23 heavy (non-hydrogen) atoms. The van der Waals surface area contributed by atoms with Crippen molar-refractivity contribution in [3.05, 3.63) is 0 Å². The first-order valence-electron chi connectivity index (χ1n) is 8.88. The number of carbonyl (C=O) groups excluding carboxylic acids is 2. The van der Waals surface area contributed by atoms with Crippen LogP contribution in [0.4, 0.5) is 4.79 Å². The largest absolute Gasteiger partial charge is 0.444 e. The highest BCUT2D eigenvalue weighted by Gasteiger charge is 2.31. The molecule has 1 rings (SSSR count). The lowest BCUT2D eigenvalue weighted by Crippen LogP contribution is -2.53. The Balaban J connectivity index is 2.67. The fourth-order valence-electron chi connectivity index (χ4n) is 3.08. The minimum atomic E-state index is -0.505. The van der Waals surface area contributed by atoms with Gasteiger partial charge in [-0.3, -0.25) is 4.79 Å². The molecule has 1 aliphatic heterocycles. The van der Waals surface area contributed by atoms with E-state index < -0.39 is 11.7 Å². The van der Waals surface area contributed by atoms with E-state index in [0.29, 0.717) is 24.8 Å². The lowest BCUT2D eigenvalue weighted by atomic mass is 9.90. The molecule has 5 nitrogen and oxygen atoms in total. The number of carbonyl (C=O) groups is 2. The highest BCUT2D eigenvalue weighted by molar-refractivity contribution is 5.76. The van der Waals surface area contributed by atoms with E-state index in [9.17, 15) is 9.59 Å². The van der Waals surface area contributed by atoms with Crippen molar-refractivity contribution >= 4 is 12.0 Å². The quantitative estimate of drug-likeness (QED) is 0.840. The number of hydrogen-bond donors (Lipinski definition) is 1. The van der Waals surface area contributed by atoms with Crippen LogP contribution in [-0.2, 0) is 9.53 Å². The molecule has 0 aromatic rings. The van der Waals surface area contributed by atoms with Gasteiger partial charge in [-0.25, -0.2) is 4.79 Å². The molecule has 1 saturated heterocycles. The summed E-state index contributed by atoms with van der Waals surface area (Å²) < 4.78 is 5.34. The van der Waals surface area contributed by atoms with Crippen molar-refractivity contribution in [3.8, 4) is 0 Å². The zero-order chi connectivity index (χ0) is 17.6. The number of nitrogens with one attached hydrogen (secondary N) is 1. The second-order valence-corrected chi connectivity index (χ2v) is 8.13. The summed E-state index contributed by atoms with van der Waals surface area (Å²) in [6.45, 7) is 13.2. The third-order valence-corrected chi connectivity index (χ3v) is 3.89. The average Bonchev–Trinajstić information content (AvgIpc) is 2.35. The summed E-state index contributed by atoms with van der Waals surface area (Å²) in [6, 6.07) is -0.0220. The first-order chi connectivity index (χ1) is 10.6. The van der Waals surface area contributed by atoms with Crippen LogP contribution in [0.2, 0.25) is 0 Å². The smallest absolute Gasteiger partial charge is 0.407 e. The topological polar surface area (TPSA) is 58.6 Å². The molecule has 2 atom stereocenters. The van der Waals surface area contributed by atoms with Crippen molar-refractivity contribution in [2.45, 2.75) is 78.9 Å². The highest BCUT2D eigenvalue weighted by Crippen LogP contribution is 2.23. The van der Waals surface area contributed by atoms with E-state index in [0.717, 1.165) is 25.8 Å². The van der Waals surface area contributed by atoms with Gasteiger partial charge in [-0.1, -0.05) is 27.2 Å². The Kier molecular flexibility index (Phi) is 7.36. The molecule has 2 unspecified atom stereocenters. The second kappa shape index (κ2) is 8.55. The number of ether oxygens (including phenoxy) is 1. The Bertz CT molecular complexity index is 402. The van der Waals surface area contributed by atoms with E-state index in [1.54, 1.807) is 0 Å². The summed E-state index contributed by atoms with van der Waals surface area (Å²) in [5, 5.41) is 2.95. The first kappa shape index (κ1) is 19.8. The van der Waals surface area contributed by atoms with Crippen molar-refractivity contribution in [1.82, 2.24) is 10.2 Å². The van der Waals surface area contributed by atoms with E-state index in [1.165, 1.54) is 0 Å². The normalized spacial score (nSPS) is 22.1. The average molecular weight is 326 g/mol. The molecular weight excluding hydrogens is 292 g/mol. The molecule has 0 aromatic heterocycles. The van der Waals surface area contributed by atoms with Gasteiger partial charge in [0.15, 0.2) is 0 Å². The predicted molar refractivity (Wildman–Crippen MR) is 92.2 cm³/mol. The number of rotatable bonds is 5. The standard InChI is InChI=1S/C18H34N2O3/c1-7-8-14-10-15(19-17(22)23-18(4,5)6)12-20(11-14)16(21)9-13(2)3/h13-15H,7-12H2,1-6H3,(H,19,22). The molecule has 134 valence electrons. The summed E-state index contributed by atoms with van der Waals surface area (Å²) in [6.07, 6.45) is 3.26. The predicted octanol–water partition coefficient (Wildman–Crippen LogP) is 3.57. The van der Waals surface area contributed by atoms with Crippen molar-refractivity contribution < 1.29 is 14.3 Å². The van der Waals surface area contributed by atoms with Crippen LogP contribution in [0.25, 0.3) is 0 Å². The minimum Gasteiger partial charge on any atom is -0.444 e. The molecule has 0 spiro atoms. The lowest BCUT2D eigenvalue weighted by Gasteiger charge is -2.38. The first-order valence-corrected chi connectivity index (χ1v) is 8.88. The second-order valence-electron chi connectivity index (χ2n) is 8.13. The molecule has 1 fully saturated rings. The van der Waals surface area contributed by atoms with Crippen molar-refractivity contribution in [1.29, 1.82) is 0 Å². The molecule has 1 N–H and O–H groups in total. The number of nitrogens with zero attached hydrogens (tertiary/aromatic N) is 1. The van der Waals surface area contributed by atoms with Crippen LogP contribution in [0.1, 0.15) is 67.2 Å². The molecule has 0 radical (unpaired) electrons. The van der Waals surface area contributed by atoms with Gasteiger partial charge < -0.3 is 15.0 Å². The van der Waals surface area contributed by atoms with Gasteiger partial charge in [0.2, 0.25) is 5.91 Å². The maximum absolute atomic E-state index is 12.4. The van der Waals surface area contributed by atoms with Gasteiger partial charge in [0.05, 0.1) is 6.04 Å². The summed E-state index contributed by atoms with van der Waals surface area (Å²) in [5.41, 5.74) is -0.505. The van der Waals surface area contributed by atoms with Gasteiger partial charge in [0.1, 0.15) is 5.60 Å². The van der Waals surface area contributed by atoms with Gasteiger partial charge in [-0.2, -0.15) is 0 Å². The molecular formula is C18H34N2O3. The molecule has 5 heteroatoms. The Morgan fingerprint density at radius 3 is 2.43 bits per heavy atom. The van der Waals surface area contributed by atoms with Gasteiger partial charge in [-0.15, -0.1) is 0 Å². The van der Waals surface area contributed by atoms with Gasteiger partial charge in [0, 0.05) is 19.5 Å².